The highest BCUT2D eigenvalue weighted by molar-refractivity contribution is 5.06. The third-order valence-electron chi connectivity index (χ3n) is 7.55. The van der Waals surface area contributed by atoms with Gasteiger partial charge in [-0.25, -0.2) is 0 Å². The molecule has 2 nitrogen and oxygen atoms in total. The second-order valence-electron chi connectivity index (χ2n) is 9.37. The zero-order valence-electron chi connectivity index (χ0n) is 14.1. The molecule has 1 heterocycles. The van der Waals surface area contributed by atoms with Gasteiger partial charge in [-0.15, -0.1) is 0 Å². The summed E-state index contributed by atoms with van der Waals surface area (Å²) in [6.07, 6.45) is 11.7. The quantitative estimate of drug-likeness (QED) is 0.859. The largest absolute Gasteiger partial charge is 0.326 e. The van der Waals surface area contributed by atoms with Crippen LogP contribution in [-0.2, 0) is 0 Å². The molecule has 4 saturated carbocycles. The molecule has 5 rings (SSSR count). The van der Waals surface area contributed by atoms with Gasteiger partial charge in [0.25, 0.3) is 0 Å². The molecule has 0 aromatic rings. The second kappa shape index (κ2) is 5.23. The fraction of sp³-hybridized carbons (Fsp3) is 1.00. The van der Waals surface area contributed by atoms with Gasteiger partial charge in [-0.1, -0.05) is 6.92 Å². The molecule has 5 fully saturated rings. The van der Waals surface area contributed by atoms with Gasteiger partial charge in [-0.3, -0.25) is 4.90 Å². The van der Waals surface area contributed by atoms with Crippen LogP contribution < -0.4 is 5.73 Å². The van der Waals surface area contributed by atoms with Crippen molar-refractivity contribution in [3.63, 3.8) is 0 Å². The van der Waals surface area contributed by atoms with E-state index in [9.17, 15) is 0 Å². The summed E-state index contributed by atoms with van der Waals surface area (Å²) >= 11 is 0. The SMILES string of the molecule is CC1CCC(C)N(CC(N)C23CC4CC(CC(C4)C2)C3)C1. The Labute approximate surface area is 130 Å². The van der Waals surface area contributed by atoms with E-state index in [2.05, 4.69) is 18.7 Å². The maximum Gasteiger partial charge on any atom is 0.0225 e. The Hall–Kier alpha value is -0.0800. The van der Waals surface area contributed by atoms with E-state index in [1.807, 2.05) is 0 Å². The monoisotopic (exact) mass is 290 g/mol. The van der Waals surface area contributed by atoms with E-state index in [0.717, 1.165) is 36.3 Å². The molecule has 0 aromatic heterocycles. The van der Waals surface area contributed by atoms with Gasteiger partial charge in [0, 0.05) is 25.2 Å². The van der Waals surface area contributed by atoms with Crippen LogP contribution in [0, 0.1) is 29.1 Å². The summed E-state index contributed by atoms with van der Waals surface area (Å²) in [5, 5.41) is 0. The van der Waals surface area contributed by atoms with Gasteiger partial charge >= 0.3 is 0 Å². The van der Waals surface area contributed by atoms with Crippen molar-refractivity contribution in [3.05, 3.63) is 0 Å². The van der Waals surface area contributed by atoms with Gasteiger partial charge in [-0.2, -0.15) is 0 Å². The third kappa shape index (κ3) is 2.57. The standard InChI is InChI=1S/C19H34N2/c1-13-3-4-14(2)21(11-13)12-18(20)19-8-15-5-16(9-19)7-17(6-15)10-19/h13-18H,3-12,20H2,1-2H3. The summed E-state index contributed by atoms with van der Waals surface area (Å²) in [4.78, 5) is 2.72. The summed E-state index contributed by atoms with van der Waals surface area (Å²) < 4.78 is 0. The zero-order chi connectivity index (χ0) is 14.6. The maximum absolute atomic E-state index is 6.87. The number of likely N-dealkylation sites (tertiary alicyclic amines) is 1. The van der Waals surface area contributed by atoms with Crippen molar-refractivity contribution in [1.82, 2.24) is 4.90 Å². The van der Waals surface area contributed by atoms with Crippen LogP contribution in [0.2, 0.25) is 0 Å². The molecule has 2 heteroatoms. The van der Waals surface area contributed by atoms with Gasteiger partial charge in [0.15, 0.2) is 0 Å². The molecule has 3 atom stereocenters. The molecular formula is C19H34N2. The van der Waals surface area contributed by atoms with Crippen molar-refractivity contribution >= 4 is 0 Å². The minimum atomic E-state index is 0.429. The van der Waals surface area contributed by atoms with Gasteiger partial charge < -0.3 is 5.73 Å². The smallest absolute Gasteiger partial charge is 0.0225 e. The van der Waals surface area contributed by atoms with Crippen molar-refractivity contribution in [2.75, 3.05) is 13.1 Å². The molecule has 1 aliphatic heterocycles. The van der Waals surface area contributed by atoms with Crippen LogP contribution in [-0.4, -0.2) is 30.1 Å². The van der Waals surface area contributed by atoms with Crippen molar-refractivity contribution in [3.8, 4) is 0 Å². The Morgan fingerprint density at radius 1 is 1.00 bits per heavy atom. The van der Waals surface area contributed by atoms with Crippen LogP contribution in [0.3, 0.4) is 0 Å². The molecule has 0 spiro atoms. The van der Waals surface area contributed by atoms with Gasteiger partial charge in [0.2, 0.25) is 0 Å². The molecule has 1 saturated heterocycles. The van der Waals surface area contributed by atoms with Crippen molar-refractivity contribution < 1.29 is 0 Å². The summed E-state index contributed by atoms with van der Waals surface area (Å²) in [6, 6.07) is 1.18. The minimum absolute atomic E-state index is 0.429. The van der Waals surface area contributed by atoms with E-state index in [1.54, 1.807) is 0 Å². The van der Waals surface area contributed by atoms with Crippen LogP contribution in [0.5, 0.6) is 0 Å². The highest BCUT2D eigenvalue weighted by atomic mass is 15.2. The van der Waals surface area contributed by atoms with Crippen molar-refractivity contribution in [2.45, 2.75) is 77.3 Å². The molecule has 120 valence electrons. The highest BCUT2D eigenvalue weighted by Crippen LogP contribution is 2.61. The first kappa shape index (κ1) is 14.5. The topological polar surface area (TPSA) is 29.3 Å². The maximum atomic E-state index is 6.87. The van der Waals surface area contributed by atoms with E-state index in [4.69, 9.17) is 5.73 Å². The van der Waals surface area contributed by atoms with Crippen LogP contribution in [0.4, 0.5) is 0 Å². The predicted octanol–water partition coefficient (Wildman–Crippen LogP) is 3.65. The average Bonchev–Trinajstić information content (AvgIpc) is 2.41. The molecule has 4 aliphatic carbocycles. The normalized spacial score (nSPS) is 51.3. The predicted molar refractivity (Wildman–Crippen MR) is 88.0 cm³/mol. The summed E-state index contributed by atoms with van der Waals surface area (Å²) in [5.74, 6) is 3.95. The van der Waals surface area contributed by atoms with E-state index in [-0.39, 0.29) is 0 Å². The molecule has 0 aromatic carbocycles. The molecular weight excluding hydrogens is 256 g/mol. The number of hydrogen-bond acceptors (Lipinski definition) is 2. The van der Waals surface area contributed by atoms with Gasteiger partial charge in [0.1, 0.15) is 0 Å². The van der Waals surface area contributed by atoms with Crippen LogP contribution in [0.1, 0.15) is 65.2 Å². The first-order chi connectivity index (χ1) is 10.0. The lowest BCUT2D eigenvalue weighted by Gasteiger charge is -2.59. The van der Waals surface area contributed by atoms with Crippen LogP contribution >= 0.6 is 0 Å². The summed E-state index contributed by atoms with van der Waals surface area (Å²) in [5.41, 5.74) is 7.39. The van der Waals surface area contributed by atoms with Crippen molar-refractivity contribution in [1.29, 1.82) is 0 Å². The van der Waals surface area contributed by atoms with Gasteiger partial charge in [0.05, 0.1) is 0 Å². The fourth-order valence-electron chi connectivity index (χ4n) is 6.71. The molecule has 0 radical (unpaired) electrons. The van der Waals surface area contributed by atoms with Crippen molar-refractivity contribution in [2.24, 2.45) is 34.8 Å². The van der Waals surface area contributed by atoms with Crippen LogP contribution in [0.25, 0.3) is 0 Å². The Bertz CT molecular complexity index is 356. The second-order valence-corrected chi connectivity index (χ2v) is 9.37. The average molecular weight is 290 g/mol. The number of hydrogen-bond donors (Lipinski definition) is 1. The lowest BCUT2D eigenvalue weighted by Crippen LogP contribution is -2.59. The van der Waals surface area contributed by atoms with E-state index in [0.29, 0.717) is 11.5 Å². The van der Waals surface area contributed by atoms with Gasteiger partial charge in [-0.05, 0) is 87.4 Å². The Morgan fingerprint density at radius 3 is 2.14 bits per heavy atom. The van der Waals surface area contributed by atoms with Crippen LogP contribution in [0.15, 0.2) is 0 Å². The Kier molecular flexibility index (Phi) is 3.61. The molecule has 0 amide bonds. The number of rotatable bonds is 3. The summed E-state index contributed by atoms with van der Waals surface area (Å²) in [7, 11) is 0. The third-order valence-corrected chi connectivity index (χ3v) is 7.55. The Morgan fingerprint density at radius 2 is 1.57 bits per heavy atom. The summed E-state index contributed by atoms with van der Waals surface area (Å²) in [6.45, 7) is 7.27. The van der Waals surface area contributed by atoms with E-state index < -0.39 is 0 Å². The zero-order valence-corrected chi connectivity index (χ0v) is 14.1. The highest BCUT2D eigenvalue weighted by Gasteiger charge is 2.53. The molecule has 5 aliphatic rings. The first-order valence-electron chi connectivity index (χ1n) is 9.54. The number of piperidine rings is 1. The number of nitrogens with zero attached hydrogens (tertiary/aromatic N) is 1. The lowest BCUT2D eigenvalue weighted by atomic mass is 9.47. The first-order valence-corrected chi connectivity index (χ1v) is 9.54. The minimum Gasteiger partial charge on any atom is -0.326 e. The molecule has 21 heavy (non-hydrogen) atoms. The van der Waals surface area contributed by atoms with E-state index >= 15 is 0 Å². The fourth-order valence-corrected chi connectivity index (χ4v) is 6.71. The molecule has 3 unspecified atom stereocenters. The lowest BCUT2D eigenvalue weighted by molar-refractivity contribution is -0.0747. The molecule has 2 N–H and O–H groups in total. The Balaban J connectivity index is 1.46. The number of nitrogens with two attached hydrogens (primary N) is 1. The van der Waals surface area contributed by atoms with E-state index in [1.165, 1.54) is 57.9 Å². The molecule has 4 bridgehead atoms.